The fourth-order valence-electron chi connectivity index (χ4n) is 3.32. The van der Waals surface area contributed by atoms with Crippen molar-refractivity contribution in [1.29, 1.82) is 0 Å². The SMILES string of the molecule is CCO[C@H]1OC(C(=O)Nc2ccccc2N)=C[C@@H](C(C)C)[C@@H]1CCCO. The fraction of sp³-hybridized carbons (Fsp3) is 0.550. The summed E-state index contributed by atoms with van der Waals surface area (Å²) in [7, 11) is 0. The number of hydrogen-bond acceptors (Lipinski definition) is 5. The van der Waals surface area contributed by atoms with Crippen molar-refractivity contribution in [2.75, 3.05) is 24.3 Å². The molecule has 1 aliphatic rings. The van der Waals surface area contributed by atoms with Gasteiger partial charge in [0, 0.05) is 19.1 Å². The van der Waals surface area contributed by atoms with Crippen LogP contribution in [0.25, 0.3) is 0 Å². The Morgan fingerprint density at radius 3 is 2.73 bits per heavy atom. The van der Waals surface area contributed by atoms with Crippen LogP contribution < -0.4 is 11.1 Å². The second-order valence-electron chi connectivity index (χ2n) is 6.86. The third-order valence-corrected chi connectivity index (χ3v) is 4.66. The number of amides is 1. The van der Waals surface area contributed by atoms with Gasteiger partial charge in [-0.1, -0.05) is 26.0 Å². The summed E-state index contributed by atoms with van der Waals surface area (Å²) in [5, 5.41) is 12.0. The van der Waals surface area contributed by atoms with E-state index in [1.807, 2.05) is 25.1 Å². The van der Waals surface area contributed by atoms with Crippen LogP contribution in [0.2, 0.25) is 0 Å². The van der Waals surface area contributed by atoms with Gasteiger partial charge in [0.05, 0.1) is 11.4 Å². The van der Waals surface area contributed by atoms with Crippen molar-refractivity contribution in [1.82, 2.24) is 0 Å². The smallest absolute Gasteiger partial charge is 0.290 e. The van der Waals surface area contributed by atoms with Crippen molar-refractivity contribution in [3.8, 4) is 0 Å². The molecule has 144 valence electrons. The first kappa shape index (κ1) is 20.3. The van der Waals surface area contributed by atoms with E-state index in [0.29, 0.717) is 30.3 Å². The average Bonchev–Trinajstić information content (AvgIpc) is 2.62. The van der Waals surface area contributed by atoms with Gasteiger partial charge in [-0.2, -0.15) is 0 Å². The van der Waals surface area contributed by atoms with Gasteiger partial charge < -0.3 is 25.6 Å². The van der Waals surface area contributed by atoms with Gasteiger partial charge in [0.25, 0.3) is 5.91 Å². The molecule has 0 unspecified atom stereocenters. The lowest BCUT2D eigenvalue weighted by Crippen LogP contribution is -2.40. The topological polar surface area (TPSA) is 93.8 Å². The van der Waals surface area contributed by atoms with E-state index >= 15 is 0 Å². The lowest BCUT2D eigenvalue weighted by atomic mass is 9.78. The van der Waals surface area contributed by atoms with E-state index in [4.69, 9.17) is 15.2 Å². The largest absolute Gasteiger partial charge is 0.459 e. The summed E-state index contributed by atoms with van der Waals surface area (Å²) >= 11 is 0. The molecule has 4 N–H and O–H groups in total. The van der Waals surface area contributed by atoms with E-state index in [1.165, 1.54) is 0 Å². The summed E-state index contributed by atoms with van der Waals surface area (Å²) in [4.78, 5) is 12.7. The van der Waals surface area contributed by atoms with Gasteiger partial charge in [0.15, 0.2) is 5.76 Å². The van der Waals surface area contributed by atoms with E-state index in [2.05, 4.69) is 19.2 Å². The number of nitrogens with two attached hydrogens (primary N) is 1. The molecule has 0 spiro atoms. The standard InChI is InChI=1S/C20H30N2O4/c1-4-25-20-14(8-7-11-23)15(13(2)3)12-18(26-20)19(24)22-17-10-6-5-9-16(17)21/h5-6,9-10,12-15,20,23H,4,7-8,11,21H2,1-3H3,(H,22,24)/t14-,15-,20-/m0/s1. The summed E-state index contributed by atoms with van der Waals surface area (Å²) < 4.78 is 11.7. The van der Waals surface area contributed by atoms with Crippen LogP contribution in [0.3, 0.4) is 0 Å². The molecule has 1 aromatic carbocycles. The van der Waals surface area contributed by atoms with E-state index in [-0.39, 0.29) is 30.1 Å². The summed E-state index contributed by atoms with van der Waals surface area (Å²) in [6, 6.07) is 7.11. The van der Waals surface area contributed by atoms with Crippen molar-refractivity contribution >= 4 is 17.3 Å². The maximum absolute atomic E-state index is 12.7. The number of para-hydroxylation sites is 2. The molecular formula is C20H30N2O4. The normalized spacial score (nSPS) is 22.7. The third kappa shape index (κ3) is 4.99. The third-order valence-electron chi connectivity index (χ3n) is 4.66. The highest BCUT2D eigenvalue weighted by Crippen LogP contribution is 2.37. The highest BCUT2D eigenvalue weighted by atomic mass is 16.7. The van der Waals surface area contributed by atoms with Crippen LogP contribution >= 0.6 is 0 Å². The molecule has 0 bridgehead atoms. The van der Waals surface area contributed by atoms with Gasteiger partial charge in [0.2, 0.25) is 6.29 Å². The lowest BCUT2D eigenvalue weighted by Gasteiger charge is -2.38. The maximum atomic E-state index is 12.7. The van der Waals surface area contributed by atoms with Crippen LogP contribution in [-0.4, -0.2) is 30.5 Å². The number of ether oxygens (including phenoxy) is 2. The van der Waals surface area contributed by atoms with Crippen molar-refractivity contribution in [3.05, 3.63) is 36.1 Å². The Morgan fingerprint density at radius 1 is 1.38 bits per heavy atom. The van der Waals surface area contributed by atoms with E-state index < -0.39 is 6.29 Å². The van der Waals surface area contributed by atoms with Crippen LogP contribution in [0.5, 0.6) is 0 Å². The van der Waals surface area contributed by atoms with Crippen molar-refractivity contribution in [3.63, 3.8) is 0 Å². The zero-order valence-corrected chi connectivity index (χ0v) is 15.8. The van der Waals surface area contributed by atoms with Gasteiger partial charge in [-0.25, -0.2) is 0 Å². The molecule has 0 radical (unpaired) electrons. The van der Waals surface area contributed by atoms with Crippen molar-refractivity contribution < 1.29 is 19.4 Å². The molecule has 0 aromatic heterocycles. The molecule has 0 aliphatic carbocycles. The first-order chi connectivity index (χ1) is 12.5. The van der Waals surface area contributed by atoms with E-state index in [9.17, 15) is 9.90 Å². The second kappa shape index (κ2) is 9.59. The van der Waals surface area contributed by atoms with Crippen LogP contribution in [0, 0.1) is 17.8 Å². The number of aliphatic hydroxyl groups excluding tert-OH is 1. The summed E-state index contributed by atoms with van der Waals surface area (Å²) in [5.41, 5.74) is 6.96. The number of allylic oxidation sites excluding steroid dienone is 1. The Morgan fingerprint density at radius 2 is 2.12 bits per heavy atom. The van der Waals surface area contributed by atoms with Crippen LogP contribution in [0.15, 0.2) is 36.1 Å². The second-order valence-corrected chi connectivity index (χ2v) is 6.86. The Kier molecular flexibility index (Phi) is 7.48. The van der Waals surface area contributed by atoms with Crippen LogP contribution in [0.4, 0.5) is 11.4 Å². The molecule has 0 saturated carbocycles. The molecule has 3 atom stereocenters. The highest BCUT2D eigenvalue weighted by Gasteiger charge is 2.38. The molecular weight excluding hydrogens is 332 g/mol. The van der Waals surface area contributed by atoms with Gasteiger partial charge in [-0.05, 0) is 49.8 Å². The number of carbonyl (C=O) groups is 1. The molecule has 26 heavy (non-hydrogen) atoms. The minimum Gasteiger partial charge on any atom is -0.459 e. The molecule has 1 amide bonds. The molecule has 0 fully saturated rings. The molecule has 1 heterocycles. The van der Waals surface area contributed by atoms with Crippen LogP contribution in [0.1, 0.15) is 33.6 Å². The minimum atomic E-state index is -0.502. The predicted octanol–water partition coefficient (Wildman–Crippen LogP) is 3.14. The van der Waals surface area contributed by atoms with Gasteiger partial charge >= 0.3 is 0 Å². The minimum absolute atomic E-state index is 0.0976. The zero-order chi connectivity index (χ0) is 19.1. The highest BCUT2D eigenvalue weighted by molar-refractivity contribution is 6.04. The summed E-state index contributed by atoms with van der Waals surface area (Å²) in [5.74, 6) is 0.459. The van der Waals surface area contributed by atoms with Gasteiger partial charge in [0.1, 0.15) is 0 Å². The summed E-state index contributed by atoms with van der Waals surface area (Å²) in [6.45, 7) is 6.76. The maximum Gasteiger partial charge on any atom is 0.290 e. The van der Waals surface area contributed by atoms with E-state index in [0.717, 1.165) is 6.42 Å². The van der Waals surface area contributed by atoms with Crippen molar-refractivity contribution in [2.24, 2.45) is 17.8 Å². The van der Waals surface area contributed by atoms with Crippen molar-refractivity contribution in [2.45, 2.75) is 39.9 Å². The monoisotopic (exact) mass is 362 g/mol. The number of nitrogen functional groups attached to an aromatic ring is 1. The quantitative estimate of drug-likeness (QED) is 0.618. The Bertz CT molecular complexity index is 630. The predicted molar refractivity (Wildman–Crippen MR) is 102 cm³/mol. The number of rotatable bonds is 8. The number of carbonyl (C=O) groups excluding carboxylic acids is 1. The lowest BCUT2D eigenvalue weighted by molar-refractivity contribution is -0.173. The molecule has 0 saturated heterocycles. The molecule has 6 heteroatoms. The number of aliphatic hydroxyl groups is 1. The zero-order valence-electron chi connectivity index (χ0n) is 15.8. The summed E-state index contributed by atoms with van der Waals surface area (Å²) in [6.07, 6.45) is 2.84. The molecule has 2 rings (SSSR count). The number of benzene rings is 1. The average molecular weight is 362 g/mol. The Labute approximate surface area is 155 Å². The van der Waals surface area contributed by atoms with E-state index in [1.54, 1.807) is 12.1 Å². The van der Waals surface area contributed by atoms with Gasteiger partial charge in [-0.3, -0.25) is 4.79 Å². The molecule has 1 aromatic rings. The molecule has 1 aliphatic heterocycles. The Balaban J connectivity index is 2.23. The van der Waals surface area contributed by atoms with Crippen LogP contribution in [-0.2, 0) is 14.3 Å². The molecule has 6 nitrogen and oxygen atoms in total. The first-order valence-corrected chi connectivity index (χ1v) is 9.24. The fourth-order valence-corrected chi connectivity index (χ4v) is 3.32. The first-order valence-electron chi connectivity index (χ1n) is 9.24. The number of nitrogens with one attached hydrogen (secondary N) is 1. The van der Waals surface area contributed by atoms with Gasteiger partial charge in [-0.15, -0.1) is 0 Å². The number of hydrogen-bond donors (Lipinski definition) is 3. The number of anilines is 2. The Hall–Kier alpha value is -2.05.